The van der Waals surface area contributed by atoms with Crippen molar-refractivity contribution in [1.29, 1.82) is 0 Å². The molecule has 0 aromatic heterocycles. The van der Waals surface area contributed by atoms with Crippen LogP contribution in [0.2, 0.25) is 0 Å². The number of aliphatic hydroxyl groups excluding tert-OH is 1. The predicted molar refractivity (Wildman–Crippen MR) is 119 cm³/mol. The molecule has 0 saturated heterocycles. The minimum absolute atomic E-state index is 0.0674. The first-order valence-corrected chi connectivity index (χ1v) is 11.6. The normalized spacial score (nSPS) is 22.9. The fraction of sp³-hybridized carbons (Fsp3) is 0.720. The number of unbranched alkanes of at least 4 members (excludes halogenated alkanes) is 4. The van der Waals surface area contributed by atoms with E-state index >= 15 is 0 Å². The fourth-order valence-electron chi connectivity index (χ4n) is 4.03. The molecule has 0 aliphatic heterocycles. The van der Waals surface area contributed by atoms with Gasteiger partial charge in [0, 0.05) is 31.1 Å². The van der Waals surface area contributed by atoms with E-state index in [1.54, 1.807) is 13.0 Å². The highest BCUT2D eigenvalue weighted by molar-refractivity contribution is 6.33. The van der Waals surface area contributed by atoms with Gasteiger partial charge in [0.25, 0.3) is 0 Å². The molecular formula is C25H38O6. The van der Waals surface area contributed by atoms with Gasteiger partial charge < -0.3 is 14.9 Å². The number of carbonyl (C=O) groups excluding carboxylic acids is 3. The van der Waals surface area contributed by atoms with Crippen LogP contribution in [0, 0.1) is 24.2 Å². The second-order valence-corrected chi connectivity index (χ2v) is 8.43. The Hall–Kier alpha value is -1.97. The van der Waals surface area contributed by atoms with Gasteiger partial charge >= 0.3 is 5.97 Å². The highest BCUT2D eigenvalue weighted by Gasteiger charge is 2.39. The lowest BCUT2D eigenvalue weighted by Crippen LogP contribution is -2.25. The van der Waals surface area contributed by atoms with Crippen LogP contribution in [0.5, 0.6) is 0 Å². The Morgan fingerprint density at radius 2 is 1.94 bits per heavy atom. The monoisotopic (exact) mass is 434 g/mol. The highest BCUT2D eigenvalue weighted by atomic mass is 16.5. The van der Waals surface area contributed by atoms with Gasteiger partial charge in [0.05, 0.1) is 12.7 Å². The third-order valence-corrected chi connectivity index (χ3v) is 5.93. The van der Waals surface area contributed by atoms with Gasteiger partial charge in [0.15, 0.2) is 0 Å². The summed E-state index contributed by atoms with van der Waals surface area (Å²) in [6, 6.07) is 0. The molecule has 0 bridgehead atoms. The second-order valence-electron chi connectivity index (χ2n) is 8.43. The van der Waals surface area contributed by atoms with Crippen LogP contribution in [0.25, 0.3) is 0 Å². The van der Waals surface area contributed by atoms with Crippen LogP contribution in [0.4, 0.5) is 0 Å². The summed E-state index contributed by atoms with van der Waals surface area (Å²) < 4.78 is 4.68. The van der Waals surface area contributed by atoms with Gasteiger partial charge in [0.2, 0.25) is 5.78 Å². The molecule has 1 saturated carbocycles. The van der Waals surface area contributed by atoms with Gasteiger partial charge in [-0.1, -0.05) is 50.7 Å². The van der Waals surface area contributed by atoms with E-state index in [1.165, 1.54) is 0 Å². The summed E-state index contributed by atoms with van der Waals surface area (Å²) in [5.41, 5.74) is -1.18. The molecule has 1 aliphatic rings. The van der Waals surface area contributed by atoms with Crippen LogP contribution in [0.3, 0.4) is 0 Å². The third kappa shape index (κ3) is 9.37. The molecule has 0 heterocycles. The number of esters is 1. The quantitative estimate of drug-likeness (QED) is 0.134. The Morgan fingerprint density at radius 1 is 1.23 bits per heavy atom. The summed E-state index contributed by atoms with van der Waals surface area (Å²) in [5, 5.41) is 20.8. The third-order valence-electron chi connectivity index (χ3n) is 5.93. The Labute approximate surface area is 186 Å². The zero-order valence-electron chi connectivity index (χ0n) is 19.0. The standard InChI is InChI=1S/C25H38O6/c1-4-7-16-25(30,5-2)17-12-14-20-19(22(27)18-23(20)28)13-10-8-9-11-15-21(26)24(29)31-6-3/h2,12,14,19-20,23,28,30H,4,6-11,13,15-18H2,1,3H3/t19-,20-,23-,25?/m1/s1. The zero-order valence-corrected chi connectivity index (χ0v) is 19.0. The van der Waals surface area contributed by atoms with Crippen molar-refractivity contribution in [2.24, 2.45) is 11.8 Å². The van der Waals surface area contributed by atoms with E-state index in [0.717, 1.165) is 32.1 Å². The van der Waals surface area contributed by atoms with Gasteiger partial charge in [0.1, 0.15) is 11.4 Å². The lowest BCUT2D eigenvalue weighted by Gasteiger charge is -2.21. The highest BCUT2D eigenvalue weighted by Crippen LogP contribution is 2.34. The largest absolute Gasteiger partial charge is 0.460 e. The molecule has 1 aliphatic carbocycles. The number of hydrogen-bond acceptors (Lipinski definition) is 6. The Morgan fingerprint density at radius 3 is 2.58 bits per heavy atom. The molecule has 4 atom stereocenters. The number of carbonyl (C=O) groups is 3. The summed E-state index contributed by atoms with van der Waals surface area (Å²) in [6.07, 6.45) is 15.1. The van der Waals surface area contributed by atoms with Crippen LogP contribution in [0.1, 0.15) is 84.5 Å². The maximum atomic E-state index is 12.3. The van der Waals surface area contributed by atoms with Crippen LogP contribution in [-0.4, -0.2) is 46.1 Å². The summed E-state index contributed by atoms with van der Waals surface area (Å²) in [7, 11) is 0. The number of aliphatic hydroxyl groups is 2. The Kier molecular flexibility index (Phi) is 12.4. The van der Waals surface area contributed by atoms with Crippen LogP contribution >= 0.6 is 0 Å². The van der Waals surface area contributed by atoms with E-state index in [1.807, 2.05) is 13.0 Å². The van der Waals surface area contributed by atoms with Gasteiger partial charge in [-0.2, -0.15) is 0 Å². The SMILES string of the molecule is C#CC(O)(CC=C[C@H]1[C@H](O)CC(=O)[C@@H]1CCCCCCC(=O)C(=O)OCC)CCCC. The topological polar surface area (TPSA) is 101 Å². The summed E-state index contributed by atoms with van der Waals surface area (Å²) in [6.45, 7) is 3.90. The van der Waals surface area contributed by atoms with E-state index in [2.05, 4.69) is 10.7 Å². The average Bonchev–Trinajstić information content (AvgIpc) is 3.01. The fourth-order valence-corrected chi connectivity index (χ4v) is 4.03. The number of ether oxygens (including phenoxy) is 1. The first kappa shape index (κ1) is 27.1. The average molecular weight is 435 g/mol. The van der Waals surface area contributed by atoms with Crippen molar-refractivity contribution in [3.8, 4) is 12.3 Å². The molecule has 2 N–H and O–H groups in total. The van der Waals surface area contributed by atoms with Crippen LogP contribution < -0.4 is 0 Å². The molecule has 6 nitrogen and oxygen atoms in total. The molecule has 174 valence electrons. The smallest absolute Gasteiger partial charge is 0.374 e. The van der Waals surface area contributed by atoms with Crippen molar-refractivity contribution in [2.45, 2.75) is 96.2 Å². The molecule has 6 heteroatoms. The van der Waals surface area contributed by atoms with Crippen LogP contribution in [-0.2, 0) is 19.1 Å². The molecule has 1 unspecified atom stereocenters. The number of hydrogen-bond donors (Lipinski definition) is 2. The molecule has 0 spiro atoms. The molecule has 31 heavy (non-hydrogen) atoms. The molecule has 0 aromatic rings. The Bertz CT molecular complexity index is 661. The van der Waals surface area contributed by atoms with E-state index < -0.39 is 23.5 Å². The van der Waals surface area contributed by atoms with Gasteiger partial charge in [-0.15, -0.1) is 6.42 Å². The minimum Gasteiger partial charge on any atom is -0.460 e. The van der Waals surface area contributed by atoms with Crippen molar-refractivity contribution in [3.63, 3.8) is 0 Å². The van der Waals surface area contributed by atoms with Crippen molar-refractivity contribution in [2.75, 3.05) is 6.61 Å². The van der Waals surface area contributed by atoms with Gasteiger partial charge in [-0.3, -0.25) is 9.59 Å². The van der Waals surface area contributed by atoms with E-state index in [0.29, 0.717) is 25.7 Å². The van der Waals surface area contributed by atoms with Gasteiger partial charge in [-0.05, 0) is 32.6 Å². The van der Waals surface area contributed by atoms with Crippen molar-refractivity contribution >= 4 is 17.5 Å². The van der Waals surface area contributed by atoms with Crippen LogP contribution in [0.15, 0.2) is 12.2 Å². The maximum absolute atomic E-state index is 12.3. The molecule has 0 aromatic carbocycles. The molecule has 0 radical (unpaired) electrons. The maximum Gasteiger partial charge on any atom is 0.374 e. The number of Topliss-reactive ketones (excluding diaryl/α,β-unsaturated/α-hetero) is 2. The first-order valence-electron chi connectivity index (χ1n) is 11.6. The minimum atomic E-state index is -1.18. The van der Waals surface area contributed by atoms with Crippen molar-refractivity contribution in [3.05, 3.63) is 12.2 Å². The lowest BCUT2D eigenvalue weighted by atomic mass is 9.87. The van der Waals surface area contributed by atoms with Crippen molar-refractivity contribution < 1.29 is 29.3 Å². The first-order chi connectivity index (χ1) is 14.8. The van der Waals surface area contributed by atoms with E-state index in [4.69, 9.17) is 6.42 Å². The number of ketones is 2. The van der Waals surface area contributed by atoms with E-state index in [-0.39, 0.29) is 37.1 Å². The molecular weight excluding hydrogens is 396 g/mol. The van der Waals surface area contributed by atoms with Crippen molar-refractivity contribution in [1.82, 2.24) is 0 Å². The second kappa shape index (κ2) is 14.2. The number of terminal acetylenes is 1. The zero-order chi connectivity index (χ0) is 23.3. The Balaban J connectivity index is 2.44. The number of rotatable bonds is 15. The van der Waals surface area contributed by atoms with Gasteiger partial charge in [-0.25, -0.2) is 4.79 Å². The van der Waals surface area contributed by atoms with E-state index in [9.17, 15) is 24.6 Å². The lowest BCUT2D eigenvalue weighted by molar-refractivity contribution is -0.153. The molecule has 1 rings (SSSR count). The molecule has 1 fully saturated rings. The summed E-state index contributed by atoms with van der Waals surface area (Å²) in [5.74, 6) is 0.780. The predicted octanol–water partition coefficient (Wildman–Crippen LogP) is 3.53. The summed E-state index contributed by atoms with van der Waals surface area (Å²) in [4.78, 5) is 35.2. The summed E-state index contributed by atoms with van der Waals surface area (Å²) >= 11 is 0. The molecule has 0 amide bonds.